The van der Waals surface area contributed by atoms with E-state index in [0.29, 0.717) is 4.90 Å². The van der Waals surface area contributed by atoms with E-state index in [9.17, 15) is 19.7 Å². The summed E-state index contributed by atoms with van der Waals surface area (Å²) < 4.78 is 5.01. The third-order valence-corrected chi connectivity index (χ3v) is 3.47. The number of likely N-dealkylation sites (N-methyl/N-ethyl adjacent to an activating group) is 1. The lowest BCUT2D eigenvalue weighted by Gasteiger charge is -2.17. The van der Waals surface area contributed by atoms with Crippen molar-refractivity contribution in [2.24, 2.45) is 0 Å². The van der Waals surface area contributed by atoms with Crippen LogP contribution in [0.3, 0.4) is 0 Å². The van der Waals surface area contributed by atoms with Gasteiger partial charge in [-0.1, -0.05) is 0 Å². The number of ether oxygens (including phenoxy) is 1. The van der Waals surface area contributed by atoms with E-state index in [1.165, 1.54) is 35.7 Å². The maximum Gasteiger partial charge on any atom is 0.339 e. The average Bonchev–Trinajstić information content (AvgIpc) is 2.45. The Morgan fingerprint density at radius 1 is 1.38 bits per heavy atom. The lowest BCUT2D eigenvalue weighted by Crippen LogP contribution is -2.34. The second kappa shape index (κ2) is 7.07. The minimum atomic E-state index is -0.952. The van der Waals surface area contributed by atoms with E-state index in [1.807, 2.05) is 0 Å². The van der Waals surface area contributed by atoms with Crippen molar-refractivity contribution >= 4 is 29.3 Å². The summed E-state index contributed by atoms with van der Waals surface area (Å²) in [5, 5.41) is 11.0. The van der Waals surface area contributed by atoms with E-state index >= 15 is 0 Å². The summed E-state index contributed by atoms with van der Waals surface area (Å²) in [6.45, 7) is 1.45. The van der Waals surface area contributed by atoms with Gasteiger partial charge >= 0.3 is 5.97 Å². The first-order chi connectivity index (χ1) is 9.77. The Bertz CT molecular complexity index is 574. The van der Waals surface area contributed by atoms with Gasteiger partial charge in [0.2, 0.25) is 0 Å². The van der Waals surface area contributed by atoms with Crippen LogP contribution in [0.5, 0.6) is 0 Å². The maximum atomic E-state index is 11.9. The van der Waals surface area contributed by atoms with Gasteiger partial charge in [0.1, 0.15) is 0 Å². The van der Waals surface area contributed by atoms with Crippen molar-refractivity contribution in [1.82, 2.24) is 4.90 Å². The zero-order chi connectivity index (χ0) is 16.2. The first-order valence-corrected chi connectivity index (χ1v) is 7.25. The van der Waals surface area contributed by atoms with Crippen LogP contribution < -0.4 is 0 Å². The molecule has 0 unspecified atom stereocenters. The van der Waals surface area contributed by atoms with Gasteiger partial charge in [-0.15, -0.1) is 11.8 Å². The molecule has 1 aromatic carbocycles. The number of carbonyl (C=O) groups is 2. The van der Waals surface area contributed by atoms with Gasteiger partial charge < -0.3 is 9.64 Å². The highest BCUT2D eigenvalue weighted by atomic mass is 32.2. The normalized spacial score (nSPS) is 11.6. The standard InChI is InChI=1S/C13H16N2O5S/c1-8(12(16)14(2)3)20-13(17)9-5-6-11(21-4)10(7-9)15(18)19/h5-8H,1-4H3/t8-/m1/s1. The van der Waals surface area contributed by atoms with E-state index in [1.54, 1.807) is 20.4 Å². The van der Waals surface area contributed by atoms with Crippen molar-refractivity contribution in [2.75, 3.05) is 20.4 Å². The molecule has 0 N–H and O–H groups in total. The molecule has 0 heterocycles. The van der Waals surface area contributed by atoms with Crippen LogP contribution >= 0.6 is 11.8 Å². The summed E-state index contributed by atoms with van der Waals surface area (Å²) in [6, 6.07) is 4.08. The summed E-state index contributed by atoms with van der Waals surface area (Å²) in [5.41, 5.74) is -0.124. The number of thioether (sulfide) groups is 1. The van der Waals surface area contributed by atoms with Gasteiger partial charge in [0, 0.05) is 20.2 Å². The number of benzene rings is 1. The van der Waals surface area contributed by atoms with Gasteiger partial charge in [0.25, 0.3) is 11.6 Å². The molecule has 8 heteroatoms. The van der Waals surface area contributed by atoms with Crippen molar-refractivity contribution in [2.45, 2.75) is 17.9 Å². The lowest BCUT2D eigenvalue weighted by atomic mass is 10.2. The summed E-state index contributed by atoms with van der Waals surface area (Å²) in [6.07, 6.45) is 0.754. The SMILES string of the molecule is CSc1ccc(C(=O)O[C@H](C)C(=O)N(C)C)cc1[N+](=O)[O-]. The lowest BCUT2D eigenvalue weighted by molar-refractivity contribution is -0.387. The number of esters is 1. The van der Waals surface area contributed by atoms with Gasteiger partial charge in [-0.3, -0.25) is 14.9 Å². The highest BCUT2D eigenvalue weighted by Crippen LogP contribution is 2.28. The first-order valence-electron chi connectivity index (χ1n) is 6.02. The largest absolute Gasteiger partial charge is 0.449 e. The summed E-state index contributed by atoms with van der Waals surface area (Å²) in [7, 11) is 3.09. The van der Waals surface area contributed by atoms with Crippen LogP contribution in [0, 0.1) is 10.1 Å². The molecular formula is C13H16N2O5S. The minimum Gasteiger partial charge on any atom is -0.449 e. The Morgan fingerprint density at radius 3 is 2.48 bits per heavy atom. The van der Waals surface area contributed by atoms with Crippen molar-refractivity contribution in [1.29, 1.82) is 0 Å². The zero-order valence-corrected chi connectivity index (χ0v) is 13.0. The average molecular weight is 312 g/mol. The molecule has 114 valence electrons. The Balaban J connectivity index is 2.96. The van der Waals surface area contributed by atoms with Crippen molar-refractivity contribution in [3.8, 4) is 0 Å². The molecular weight excluding hydrogens is 296 g/mol. The van der Waals surface area contributed by atoms with E-state index in [2.05, 4.69) is 0 Å². The molecule has 1 atom stereocenters. The highest BCUT2D eigenvalue weighted by molar-refractivity contribution is 7.98. The first kappa shape index (κ1) is 17.0. The quantitative estimate of drug-likeness (QED) is 0.357. The van der Waals surface area contributed by atoms with Crippen molar-refractivity contribution in [3.05, 3.63) is 33.9 Å². The van der Waals surface area contributed by atoms with E-state index in [-0.39, 0.29) is 17.2 Å². The van der Waals surface area contributed by atoms with Crippen LogP contribution in [0.4, 0.5) is 5.69 Å². The fourth-order valence-electron chi connectivity index (χ4n) is 1.60. The Morgan fingerprint density at radius 2 is 2.00 bits per heavy atom. The second-order valence-corrected chi connectivity index (χ2v) is 5.27. The Hall–Kier alpha value is -2.09. The van der Waals surface area contributed by atoms with Gasteiger partial charge in [-0.25, -0.2) is 4.79 Å². The third kappa shape index (κ3) is 4.19. The highest BCUT2D eigenvalue weighted by Gasteiger charge is 2.22. The van der Waals surface area contributed by atoms with Crippen LogP contribution in [-0.2, 0) is 9.53 Å². The molecule has 0 spiro atoms. The van der Waals surface area contributed by atoms with Crippen LogP contribution in [-0.4, -0.2) is 48.2 Å². The van der Waals surface area contributed by atoms with Crippen LogP contribution in [0.25, 0.3) is 0 Å². The number of nitro groups is 1. The molecule has 0 aliphatic rings. The summed E-state index contributed by atoms with van der Waals surface area (Å²) >= 11 is 1.21. The van der Waals surface area contributed by atoms with E-state index in [0.717, 1.165) is 6.07 Å². The molecule has 0 bridgehead atoms. The van der Waals surface area contributed by atoms with Gasteiger partial charge in [0.15, 0.2) is 6.10 Å². The Kier molecular flexibility index (Phi) is 5.71. The molecule has 0 saturated carbocycles. The molecule has 0 aromatic heterocycles. The predicted molar refractivity (Wildman–Crippen MR) is 78.4 cm³/mol. The molecule has 1 aromatic rings. The maximum absolute atomic E-state index is 11.9. The van der Waals surface area contributed by atoms with Gasteiger partial charge in [-0.2, -0.15) is 0 Å². The minimum absolute atomic E-state index is 0.0397. The van der Waals surface area contributed by atoms with E-state index < -0.39 is 17.0 Å². The van der Waals surface area contributed by atoms with Gasteiger partial charge in [-0.05, 0) is 25.3 Å². The smallest absolute Gasteiger partial charge is 0.339 e. The molecule has 0 radical (unpaired) electrons. The fraction of sp³-hybridized carbons (Fsp3) is 0.385. The molecule has 7 nitrogen and oxygen atoms in total. The second-order valence-electron chi connectivity index (χ2n) is 4.42. The van der Waals surface area contributed by atoms with Crippen LogP contribution in [0.2, 0.25) is 0 Å². The van der Waals surface area contributed by atoms with Crippen molar-refractivity contribution in [3.63, 3.8) is 0 Å². The number of rotatable bonds is 5. The zero-order valence-electron chi connectivity index (χ0n) is 12.2. The number of hydrogen-bond acceptors (Lipinski definition) is 6. The van der Waals surface area contributed by atoms with Crippen molar-refractivity contribution < 1.29 is 19.2 Å². The number of hydrogen-bond donors (Lipinski definition) is 0. The van der Waals surface area contributed by atoms with E-state index in [4.69, 9.17) is 4.74 Å². The van der Waals surface area contributed by atoms with Crippen LogP contribution in [0.15, 0.2) is 23.1 Å². The molecule has 0 aliphatic heterocycles. The molecule has 21 heavy (non-hydrogen) atoms. The fourth-order valence-corrected chi connectivity index (χ4v) is 2.15. The topological polar surface area (TPSA) is 89.8 Å². The number of amides is 1. The predicted octanol–water partition coefficient (Wildman–Crippen LogP) is 1.95. The Labute approximate surface area is 126 Å². The number of carbonyl (C=O) groups excluding carboxylic acids is 2. The van der Waals surface area contributed by atoms with Gasteiger partial charge in [0.05, 0.1) is 15.4 Å². The third-order valence-electron chi connectivity index (χ3n) is 2.68. The molecule has 1 amide bonds. The molecule has 0 saturated heterocycles. The van der Waals surface area contributed by atoms with Crippen LogP contribution in [0.1, 0.15) is 17.3 Å². The number of nitro benzene ring substituents is 1. The number of nitrogens with zero attached hydrogens (tertiary/aromatic N) is 2. The molecule has 0 fully saturated rings. The summed E-state index contributed by atoms with van der Waals surface area (Å²) in [4.78, 5) is 35.7. The molecule has 0 aliphatic carbocycles. The molecule has 1 rings (SSSR count). The summed E-state index contributed by atoms with van der Waals surface area (Å²) in [5.74, 6) is -1.13. The monoisotopic (exact) mass is 312 g/mol.